The molecule has 0 aliphatic carbocycles. The van der Waals surface area contributed by atoms with Crippen molar-refractivity contribution in [3.63, 3.8) is 0 Å². The first-order chi connectivity index (χ1) is 13.7. The average Bonchev–Trinajstić information content (AvgIpc) is 3.24. The first kappa shape index (κ1) is 18.8. The Hall–Kier alpha value is -2.50. The third-order valence-corrected chi connectivity index (χ3v) is 6.40. The molecule has 1 aromatic heterocycles. The zero-order chi connectivity index (χ0) is 19.3. The maximum atomic E-state index is 13.0. The minimum absolute atomic E-state index is 0.0232. The molecule has 1 aliphatic heterocycles. The number of hydrogen-bond donors (Lipinski definition) is 2. The van der Waals surface area contributed by atoms with Gasteiger partial charge in [0.2, 0.25) is 5.91 Å². The van der Waals surface area contributed by atoms with Crippen molar-refractivity contribution in [3.8, 4) is 0 Å². The summed E-state index contributed by atoms with van der Waals surface area (Å²) >= 11 is 1.75. The lowest BCUT2D eigenvalue weighted by Crippen LogP contribution is -3.12. The predicted molar refractivity (Wildman–Crippen MR) is 110 cm³/mol. The molecule has 0 fully saturated rings. The van der Waals surface area contributed by atoms with Crippen LogP contribution in [0.1, 0.15) is 27.6 Å². The van der Waals surface area contributed by atoms with Gasteiger partial charge in [-0.2, -0.15) is 0 Å². The van der Waals surface area contributed by atoms with E-state index in [9.17, 15) is 9.18 Å². The highest BCUT2D eigenvalue weighted by Crippen LogP contribution is 2.19. The number of benzene rings is 2. The van der Waals surface area contributed by atoms with Gasteiger partial charge in [-0.15, -0.1) is 11.3 Å². The molecule has 0 radical (unpaired) electrons. The quantitative estimate of drug-likeness (QED) is 0.661. The summed E-state index contributed by atoms with van der Waals surface area (Å²) in [6.45, 7) is 2.65. The average molecular weight is 396 g/mol. The smallest absolute Gasteiger partial charge is 0.224 e. The molecule has 1 aliphatic rings. The fourth-order valence-corrected chi connectivity index (χ4v) is 4.79. The van der Waals surface area contributed by atoms with Crippen LogP contribution >= 0.6 is 11.3 Å². The van der Waals surface area contributed by atoms with Crippen molar-refractivity contribution in [1.82, 2.24) is 5.32 Å². The number of hydrogen-bond acceptors (Lipinski definition) is 2. The van der Waals surface area contributed by atoms with E-state index in [4.69, 9.17) is 0 Å². The molecule has 4 rings (SSSR count). The third-order valence-electron chi connectivity index (χ3n) is 5.41. The van der Waals surface area contributed by atoms with Crippen molar-refractivity contribution in [2.75, 3.05) is 13.1 Å². The van der Waals surface area contributed by atoms with Crippen LogP contribution in [0.25, 0.3) is 0 Å². The maximum absolute atomic E-state index is 13.0. The lowest BCUT2D eigenvalue weighted by Gasteiger charge is -2.32. The number of nitrogens with one attached hydrogen (secondary N) is 2. The van der Waals surface area contributed by atoms with Gasteiger partial charge in [-0.3, -0.25) is 4.79 Å². The van der Waals surface area contributed by atoms with E-state index >= 15 is 0 Å². The Kier molecular flexibility index (Phi) is 5.84. The Labute approximate surface area is 168 Å². The van der Waals surface area contributed by atoms with E-state index in [1.54, 1.807) is 23.5 Å². The first-order valence-electron chi connectivity index (χ1n) is 9.65. The van der Waals surface area contributed by atoms with Crippen LogP contribution in [0.4, 0.5) is 4.39 Å². The normalized spacial score (nSPS) is 17.0. The summed E-state index contributed by atoms with van der Waals surface area (Å²) in [5.41, 5.74) is 3.67. The summed E-state index contributed by atoms with van der Waals surface area (Å²) in [6.07, 6.45) is 1.34. The second-order valence-corrected chi connectivity index (χ2v) is 8.26. The number of halogens is 1. The molecular formula is C23H24FN2OS+. The molecule has 144 valence electrons. The van der Waals surface area contributed by atoms with Crippen molar-refractivity contribution in [2.24, 2.45) is 0 Å². The Balaban J connectivity index is 1.43. The number of carbonyl (C=O) groups is 1. The van der Waals surface area contributed by atoms with Crippen molar-refractivity contribution in [3.05, 3.63) is 93.4 Å². The van der Waals surface area contributed by atoms with Gasteiger partial charge < -0.3 is 10.2 Å². The van der Waals surface area contributed by atoms with E-state index in [1.807, 2.05) is 0 Å². The van der Waals surface area contributed by atoms with Crippen LogP contribution in [-0.4, -0.2) is 19.0 Å². The fraction of sp³-hybridized carbons (Fsp3) is 0.261. The van der Waals surface area contributed by atoms with Crippen LogP contribution in [0.15, 0.2) is 66.0 Å². The molecule has 0 bridgehead atoms. The van der Waals surface area contributed by atoms with E-state index < -0.39 is 0 Å². The van der Waals surface area contributed by atoms with Gasteiger partial charge in [0.1, 0.15) is 18.4 Å². The van der Waals surface area contributed by atoms with Gasteiger partial charge in [0, 0.05) is 12.0 Å². The fourth-order valence-electron chi connectivity index (χ4n) is 3.90. The summed E-state index contributed by atoms with van der Waals surface area (Å²) in [7, 11) is 0. The van der Waals surface area contributed by atoms with E-state index in [-0.39, 0.29) is 24.2 Å². The minimum Gasteiger partial charge on any atom is -0.349 e. The Morgan fingerprint density at radius 2 is 1.86 bits per heavy atom. The van der Waals surface area contributed by atoms with Crippen LogP contribution in [0.3, 0.4) is 0 Å². The highest BCUT2D eigenvalue weighted by Gasteiger charge is 2.29. The summed E-state index contributed by atoms with van der Waals surface area (Å²) in [6, 6.07) is 19.2. The van der Waals surface area contributed by atoms with Gasteiger partial charge in [-0.05, 0) is 34.7 Å². The Morgan fingerprint density at radius 1 is 1.07 bits per heavy atom. The molecule has 28 heavy (non-hydrogen) atoms. The van der Waals surface area contributed by atoms with Crippen LogP contribution < -0.4 is 10.2 Å². The van der Waals surface area contributed by atoms with Gasteiger partial charge >= 0.3 is 0 Å². The molecule has 2 N–H and O–H groups in total. The van der Waals surface area contributed by atoms with E-state index in [1.165, 1.54) is 33.0 Å². The first-order valence-corrected chi connectivity index (χ1v) is 10.5. The summed E-state index contributed by atoms with van der Waals surface area (Å²) < 4.78 is 13.0. The van der Waals surface area contributed by atoms with E-state index in [2.05, 4.69) is 47.1 Å². The van der Waals surface area contributed by atoms with Crippen molar-refractivity contribution < 1.29 is 14.1 Å². The zero-order valence-corrected chi connectivity index (χ0v) is 16.5. The number of fused-ring (bicyclic) bond motifs is 1. The molecule has 3 aromatic rings. The molecule has 1 amide bonds. The molecule has 2 aromatic carbocycles. The second-order valence-electron chi connectivity index (χ2n) is 7.28. The molecule has 5 heteroatoms. The molecule has 0 saturated carbocycles. The van der Waals surface area contributed by atoms with Gasteiger partial charge in [-0.1, -0.05) is 42.5 Å². The van der Waals surface area contributed by atoms with Gasteiger partial charge in [0.05, 0.1) is 24.4 Å². The van der Waals surface area contributed by atoms with Crippen LogP contribution in [-0.2, 0) is 24.2 Å². The number of quaternary nitrogens is 1. The van der Waals surface area contributed by atoms with Crippen LogP contribution in [0, 0.1) is 5.82 Å². The van der Waals surface area contributed by atoms with Gasteiger partial charge in [0.25, 0.3) is 0 Å². The summed E-state index contributed by atoms with van der Waals surface area (Å²) in [5, 5.41) is 5.21. The van der Waals surface area contributed by atoms with Crippen LogP contribution in [0.2, 0.25) is 0 Å². The summed E-state index contributed by atoms with van der Waals surface area (Å²) in [4.78, 5) is 15.2. The second kappa shape index (κ2) is 8.67. The van der Waals surface area contributed by atoms with Crippen molar-refractivity contribution in [2.45, 2.75) is 25.4 Å². The molecule has 0 saturated heterocycles. The molecule has 1 unspecified atom stereocenters. The standard InChI is InChI=1S/C23H23FN2OS/c24-20-9-7-17(8-10-20)14-23(27)25-15-21(22-6-3-13-28-22)26-12-11-18-4-1-2-5-19(18)16-26/h1-10,13,21H,11-12,14-16H2,(H,25,27)/p+1/t21-/m1/s1. The molecule has 2 heterocycles. The molecule has 0 spiro atoms. The Morgan fingerprint density at radius 3 is 2.61 bits per heavy atom. The maximum Gasteiger partial charge on any atom is 0.224 e. The highest BCUT2D eigenvalue weighted by atomic mass is 32.1. The number of thiophene rings is 1. The minimum atomic E-state index is -0.282. The van der Waals surface area contributed by atoms with Gasteiger partial charge in [0.15, 0.2) is 0 Å². The number of rotatable bonds is 6. The largest absolute Gasteiger partial charge is 0.349 e. The topological polar surface area (TPSA) is 33.5 Å². The Bertz CT molecular complexity index is 924. The van der Waals surface area contributed by atoms with Crippen molar-refractivity contribution in [1.29, 1.82) is 0 Å². The lowest BCUT2D eigenvalue weighted by molar-refractivity contribution is -0.945. The summed E-state index contributed by atoms with van der Waals surface area (Å²) in [5.74, 6) is -0.305. The number of carbonyl (C=O) groups excluding carboxylic acids is 1. The van der Waals surface area contributed by atoms with Gasteiger partial charge in [-0.25, -0.2) is 4.39 Å². The number of amides is 1. The van der Waals surface area contributed by atoms with E-state index in [0.29, 0.717) is 6.54 Å². The lowest BCUT2D eigenvalue weighted by atomic mass is 9.98. The monoisotopic (exact) mass is 395 g/mol. The molecule has 3 nitrogen and oxygen atoms in total. The highest BCUT2D eigenvalue weighted by molar-refractivity contribution is 7.10. The van der Waals surface area contributed by atoms with Crippen molar-refractivity contribution >= 4 is 17.2 Å². The van der Waals surface area contributed by atoms with E-state index in [0.717, 1.165) is 25.1 Å². The zero-order valence-electron chi connectivity index (χ0n) is 15.7. The predicted octanol–water partition coefficient (Wildman–Crippen LogP) is 2.93. The van der Waals surface area contributed by atoms with Crippen LogP contribution in [0.5, 0.6) is 0 Å². The molecule has 2 atom stereocenters. The molecular weight excluding hydrogens is 371 g/mol. The SMILES string of the molecule is O=C(Cc1ccc(F)cc1)NC[C@H](c1cccs1)[NH+]1CCc2ccccc2C1. The third kappa shape index (κ3) is 4.49.